The highest BCUT2D eigenvalue weighted by Gasteiger charge is 2.27. The normalized spacial score (nSPS) is 11.8. The zero-order chi connectivity index (χ0) is 21.0. The Balaban J connectivity index is 2.08. The van der Waals surface area contributed by atoms with Crippen LogP contribution in [0.1, 0.15) is 26.7 Å². The first-order valence-electron chi connectivity index (χ1n) is 8.74. The van der Waals surface area contributed by atoms with Gasteiger partial charge in [0.25, 0.3) is 0 Å². The zero-order valence-corrected chi connectivity index (χ0v) is 17.4. The van der Waals surface area contributed by atoms with E-state index in [1.165, 1.54) is 18.4 Å². The maximum Gasteiger partial charge on any atom is 0.313 e. The van der Waals surface area contributed by atoms with Gasteiger partial charge in [-0.2, -0.15) is 0 Å². The number of carboxylic acid groups (broad SMARTS) is 1. The van der Waals surface area contributed by atoms with Crippen LogP contribution in [0, 0.1) is 0 Å². The van der Waals surface area contributed by atoms with Gasteiger partial charge < -0.3 is 14.6 Å². The Morgan fingerprint density at radius 3 is 2.28 bits per heavy atom. The summed E-state index contributed by atoms with van der Waals surface area (Å²) in [5, 5.41) is 10.3. The van der Waals surface area contributed by atoms with Crippen LogP contribution in [0.3, 0.4) is 0 Å². The van der Waals surface area contributed by atoms with Crippen LogP contribution < -0.4 is 4.74 Å². The van der Waals surface area contributed by atoms with Crippen LogP contribution in [0.5, 0.6) is 5.75 Å². The van der Waals surface area contributed by atoms with Crippen molar-refractivity contribution in [1.82, 2.24) is 0 Å². The fourth-order valence-corrected chi connectivity index (χ4v) is 4.26. The molecule has 2 aromatic carbocycles. The first kappa shape index (κ1) is 21.0. The number of carboxylic acids is 1. The number of thiophene rings is 1. The van der Waals surface area contributed by atoms with E-state index in [0.29, 0.717) is 31.7 Å². The van der Waals surface area contributed by atoms with E-state index >= 15 is 0 Å². The zero-order valence-electron chi connectivity index (χ0n) is 15.8. The molecule has 29 heavy (non-hydrogen) atoms. The number of carbonyl (C=O) groups is 2. The number of aliphatic carboxylic acids is 1. The van der Waals surface area contributed by atoms with Crippen LogP contribution in [-0.2, 0) is 9.53 Å². The average molecular weight is 431 g/mol. The van der Waals surface area contributed by atoms with Crippen molar-refractivity contribution in [2.75, 3.05) is 20.8 Å². The summed E-state index contributed by atoms with van der Waals surface area (Å²) in [5.41, 5.74) is 1.84. The number of hydrogen-bond donors (Lipinski definition) is 1. The second-order valence-corrected chi connectivity index (χ2v) is 7.79. The Kier molecular flexibility index (Phi) is 6.69. The van der Waals surface area contributed by atoms with Crippen molar-refractivity contribution in [3.63, 3.8) is 0 Å². The molecule has 3 aromatic rings. The molecular formula is C22H19ClO5S. The van der Waals surface area contributed by atoms with Crippen molar-refractivity contribution in [1.29, 1.82) is 0 Å². The number of ketones is 1. The van der Waals surface area contributed by atoms with Gasteiger partial charge in [-0.1, -0.05) is 23.7 Å². The van der Waals surface area contributed by atoms with Crippen LogP contribution in [0.15, 0.2) is 54.6 Å². The van der Waals surface area contributed by atoms with E-state index in [1.807, 2.05) is 12.1 Å². The Bertz CT molecular complexity index is 1010. The van der Waals surface area contributed by atoms with Crippen molar-refractivity contribution in [3.05, 3.63) is 75.6 Å². The van der Waals surface area contributed by atoms with E-state index < -0.39 is 11.9 Å². The van der Waals surface area contributed by atoms with Gasteiger partial charge in [0.1, 0.15) is 11.7 Å². The number of hydrogen-bond acceptors (Lipinski definition) is 5. The molecule has 0 aliphatic heterocycles. The summed E-state index contributed by atoms with van der Waals surface area (Å²) < 4.78 is 10.2. The van der Waals surface area contributed by atoms with Crippen molar-refractivity contribution < 1.29 is 24.2 Å². The summed E-state index contributed by atoms with van der Waals surface area (Å²) >= 11 is 7.25. The molecule has 0 fully saturated rings. The van der Waals surface area contributed by atoms with E-state index in [9.17, 15) is 14.7 Å². The third-order valence-electron chi connectivity index (χ3n) is 4.45. The molecule has 3 rings (SSSR count). The monoisotopic (exact) mass is 430 g/mol. The van der Waals surface area contributed by atoms with Gasteiger partial charge in [-0.05, 0) is 53.6 Å². The van der Waals surface area contributed by atoms with Crippen LogP contribution in [-0.4, -0.2) is 37.7 Å². The molecule has 1 aromatic heterocycles. The topological polar surface area (TPSA) is 72.8 Å². The quantitative estimate of drug-likeness (QED) is 0.502. The molecule has 0 saturated heterocycles. The number of carbonyl (C=O) groups excluding carboxylic acids is 1. The molecule has 5 nitrogen and oxygen atoms in total. The van der Waals surface area contributed by atoms with Gasteiger partial charge in [-0.15, -0.1) is 11.3 Å². The second-order valence-electron chi connectivity index (χ2n) is 6.31. The molecule has 0 spiro atoms. The van der Waals surface area contributed by atoms with Gasteiger partial charge in [0.15, 0.2) is 0 Å². The maximum absolute atomic E-state index is 13.0. The second kappa shape index (κ2) is 9.22. The fraction of sp³-hybridized carbons (Fsp3) is 0.182. The van der Waals surface area contributed by atoms with Crippen LogP contribution in [0.25, 0.3) is 10.4 Å². The van der Waals surface area contributed by atoms with E-state index in [4.69, 9.17) is 21.1 Å². The Morgan fingerprint density at radius 2 is 1.72 bits per heavy atom. The summed E-state index contributed by atoms with van der Waals surface area (Å²) in [6.45, 7) is 0.00280. The minimum absolute atomic E-state index is 0.00280. The number of rotatable bonds is 8. The number of benzene rings is 2. The standard InChI is InChI=1S/C22H19ClO5S/c1-27-12-18(22(25)26)17-11-19(20(24)13-5-9-16(28-2)10-6-13)29-21(17)14-3-7-15(23)8-4-14/h3-11,18H,12H2,1-2H3,(H,25,26). The first-order valence-corrected chi connectivity index (χ1v) is 9.94. The number of methoxy groups -OCH3 is 2. The van der Waals surface area contributed by atoms with Gasteiger partial charge in [0.05, 0.1) is 18.6 Å². The van der Waals surface area contributed by atoms with E-state index in [1.54, 1.807) is 49.6 Å². The van der Waals surface area contributed by atoms with Crippen molar-refractivity contribution >= 4 is 34.7 Å². The highest BCUT2D eigenvalue weighted by molar-refractivity contribution is 7.17. The SMILES string of the molecule is COCC(C(=O)O)c1cc(C(=O)c2ccc(OC)cc2)sc1-c1ccc(Cl)cc1. The lowest BCUT2D eigenvalue weighted by Gasteiger charge is -2.12. The summed E-state index contributed by atoms with van der Waals surface area (Å²) in [7, 11) is 3.01. The molecule has 0 bridgehead atoms. The molecule has 1 atom stereocenters. The highest BCUT2D eigenvalue weighted by atomic mass is 35.5. The minimum Gasteiger partial charge on any atom is -0.497 e. The molecule has 1 unspecified atom stereocenters. The molecule has 1 heterocycles. The van der Waals surface area contributed by atoms with Crippen molar-refractivity contribution in [2.24, 2.45) is 0 Å². The summed E-state index contributed by atoms with van der Waals surface area (Å²) in [6.07, 6.45) is 0. The Hall–Kier alpha value is -2.67. The fourth-order valence-electron chi connectivity index (χ4n) is 2.95. The summed E-state index contributed by atoms with van der Waals surface area (Å²) in [4.78, 5) is 26.0. The third kappa shape index (κ3) is 4.67. The molecular weight excluding hydrogens is 412 g/mol. The lowest BCUT2D eigenvalue weighted by atomic mass is 9.96. The molecule has 150 valence electrons. The first-order chi connectivity index (χ1) is 13.9. The third-order valence-corrected chi connectivity index (χ3v) is 5.90. The molecule has 7 heteroatoms. The summed E-state index contributed by atoms with van der Waals surface area (Å²) in [6, 6.07) is 15.5. The largest absolute Gasteiger partial charge is 0.497 e. The molecule has 0 radical (unpaired) electrons. The van der Waals surface area contributed by atoms with Crippen LogP contribution in [0.2, 0.25) is 5.02 Å². The predicted molar refractivity (Wildman–Crippen MR) is 113 cm³/mol. The van der Waals surface area contributed by atoms with E-state index in [0.717, 1.165) is 5.56 Å². The highest BCUT2D eigenvalue weighted by Crippen LogP contribution is 2.39. The predicted octanol–water partition coefficient (Wildman–Crippen LogP) is 5.12. The smallest absolute Gasteiger partial charge is 0.313 e. The Labute approximate surface area is 177 Å². The van der Waals surface area contributed by atoms with Gasteiger partial charge in [-0.25, -0.2) is 0 Å². The van der Waals surface area contributed by atoms with Gasteiger partial charge in [0.2, 0.25) is 5.78 Å². The van der Waals surface area contributed by atoms with Crippen LogP contribution in [0.4, 0.5) is 0 Å². The van der Waals surface area contributed by atoms with Gasteiger partial charge in [0, 0.05) is 22.6 Å². The van der Waals surface area contributed by atoms with Gasteiger partial charge >= 0.3 is 5.97 Å². The average Bonchev–Trinajstić information content (AvgIpc) is 3.16. The molecule has 1 N–H and O–H groups in total. The molecule has 0 saturated carbocycles. The van der Waals surface area contributed by atoms with Gasteiger partial charge in [-0.3, -0.25) is 9.59 Å². The number of ether oxygens (including phenoxy) is 2. The van der Waals surface area contributed by atoms with Crippen molar-refractivity contribution in [2.45, 2.75) is 5.92 Å². The van der Waals surface area contributed by atoms with Crippen molar-refractivity contribution in [3.8, 4) is 16.2 Å². The molecule has 0 amide bonds. The Morgan fingerprint density at radius 1 is 1.07 bits per heavy atom. The minimum atomic E-state index is -1.01. The van der Waals surface area contributed by atoms with Crippen LogP contribution >= 0.6 is 22.9 Å². The molecule has 0 aliphatic rings. The lowest BCUT2D eigenvalue weighted by molar-refractivity contribution is -0.140. The molecule has 0 aliphatic carbocycles. The summed E-state index contributed by atoms with van der Waals surface area (Å²) in [5.74, 6) is -1.43. The lowest BCUT2D eigenvalue weighted by Crippen LogP contribution is -2.17. The van der Waals surface area contributed by atoms with E-state index in [2.05, 4.69) is 0 Å². The maximum atomic E-state index is 13.0. The number of halogens is 1. The van der Waals surface area contributed by atoms with E-state index in [-0.39, 0.29) is 12.4 Å².